The Hall–Kier alpha value is 0.500. The molecule has 3 heterocycles. The van der Waals surface area contributed by atoms with Crippen molar-refractivity contribution in [2.45, 2.75) is 63.9 Å². The second-order valence-electron chi connectivity index (χ2n) is 6.06. The quantitative estimate of drug-likeness (QED) is 0.661. The zero-order chi connectivity index (χ0) is 14.7. The van der Waals surface area contributed by atoms with Crippen LogP contribution >= 0.6 is 31.9 Å². The van der Waals surface area contributed by atoms with E-state index in [9.17, 15) is 0 Å². The maximum Gasteiger partial charge on any atom is 0.192 e. The van der Waals surface area contributed by atoms with Crippen molar-refractivity contribution < 1.29 is 23.7 Å². The third kappa shape index (κ3) is 2.74. The molecule has 5 nitrogen and oxygen atoms in total. The van der Waals surface area contributed by atoms with Crippen LogP contribution in [0.4, 0.5) is 0 Å². The molecular formula is C13H18Br2O5. The van der Waals surface area contributed by atoms with E-state index >= 15 is 0 Å². The number of hydrogen-bond acceptors (Lipinski definition) is 5. The average molecular weight is 414 g/mol. The minimum absolute atomic E-state index is 0.175. The lowest BCUT2D eigenvalue weighted by Gasteiger charge is -2.25. The van der Waals surface area contributed by atoms with Crippen molar-refractivity contribution in [1.82, 2.24) is 0 Å². The summed E-state index contributed by atoms with van der Waals surface area (Å²) in [5, 5.41) is 0. The molecule has 3 saturated heterocycles. The van der Waals surface area contributed by atoms with Gasteiger partial charge in [-0.1, -0.05) is 0 Å². The van der Waals surface area contributed by atoms with E-state index in [-0.39, 0.29) is 18.3 Å². The molecule has 0 unspecified atom stereocenters. The Kier molecular flexibility index (Phi) is 3.86. The van der Waals surface area contributed by atoms with Crippen LogP contribution in [0, 0.1) is 0 Å². The first-order valence-electron chi connectivity index (χ1n) is 6.56. The number of hydrogen-bond donors (Lipinski definition) is 0. The molecule has 0 spiro atoms. The molecule has 20 heavy (non-hydrogen) atoms. The first-order valence-corrected chi connectivity index (χ1v) is 8.15. The lowest BCUT2D eigenvalue weighted by Crippen LogP contribution is -2.35. The molecule has 3 rings (SSSR count). The molecule has 0 radical (unpaired) electrons. The molecule has 0 aromatic rings. The third-order valence-electron chi connectivity index (χ3n) is 3.54. The van der Waals surface area contributed by atoms with Crippen LogP contribution in [0.3, 0.4) is 0 Å². The van der Waals surface area contributed by atoms with E-state index in [1.165, 1.54) is 0 Å². The van der Waals surface area contributed by atoms with E-state index in [0.717, 1.165) is 8.96 Å². The Morgan fingerprint density at radius 3 is 2.25 bits per heavy atom. The number of halogens is 2. The Morgan fingerprint density at radius 2 is 1.70 bits per heavy atom. The summed E-state index contributed by atoms with van der Waals surface area (Å²) in [5.74, 6) is -1.23. The molecule has 7 heteroatoms. The summed E-state index contributed by atoms with van der Waals surface area (Å²) in [6.07, 6.45) is -1.08. The van der Waals surface area contributed by atoms with Crippen molar-refractivity contribution in [1.29, 1.82) is 0 Å². The standard InChI is InChI=1S/C13H18Br2O5/c1-12(2)16-5-6(18-12)8-7(10(14)15)9-11(17-8)20-13(3,4)19-9/h6,8-9,11H,5H2,1-4H3/t6-,8+,9-,11+/m1/s1. The van der Waals surface area contributed by atoms with Crippen molar-refractivity contribution >= 4 is 31.9 Å². The van der Waals surface area contributed by atoms with Gasteiger partial charge in [0.1, 0.15) is 18.3 Å². The monoisotopic (exact) mass is 412 g/mol. The van der Waals surface area contributed by atoms with Gasteiger partial charge in [-0.3, -0.25) is 0 Å². The van der Waals surface area contributed by atoms with Crippen LogP contribution in [0.5, 0.6) is 0 Å². The summed E-state index contributed by atoms with van der Waals surface area (Å²) < 4.78 is 30.0. The molecule has 114 valence electrons. The normalized spacial score (nSPS) is 42.0. The van der Waals surface area contributed by atoms with Gasteiger partial charge in [-0.2, -0.15) is 0 Å². The smallest absolute Gasteiger partial charge is 0.192 e. The molecule has 0 bridgehead atoms. The molecule has 0 aliphatic carbocycles. The minimum Gasteiger partial charge on any atom is -0.348 e. The third-order valence-corrected chi connectivity index (χ3v) is 4.45. The van der Waals surface area contributed by atoms with Gasteiger partial charge in [0.15, 0.2) is 17.9 Å². The summed E-state index contributed by atoms with van der Waals surface area (Å²) in [4.78, 5) is 0. The highest BCUT2D eigenvalue weighted by atomic mass is 79.9. The first-order chi connectivity index (χ1) is 9.19. The van der Waals surface area contributed by atoms with Gasteiger partial charge in [0, 0.05) is 5.57 Å². The van der Waals surface area contributed by atoms with Gasteiger partial charge in [-0.15, -0.1) is 0 Å². The van der Waals surface area contributed by atoms with Crippen molar-refractivity contribution in [3.05, 3.63) is 8.96 Å². The van der Waals surface area contributed by atoms with E-state index in [2.05, 4.69) is 31.9 Å². The molecule has 0 N–H and O–H groups in total. The zero-order valence-electron chi connectivity index (χ0n) is 11.8. The molecule has 0 aromatic carbocycles. The topological polar surface area (TPSA) is 46.2 Å². The van der Waals surface area contributed by atoms with E-state index in [1.54, 1.807) is 0 Å². The van der Waals surface area contributed by atoms with E-state index < -0.39 is 17.9 Å². The van der Waals surface area contributed by atoms with Gasteiger partial charge >= 0.3 is 0 Å². The predicted molar refractivity (Wildman–Crippen MR) is 78.5 cm³/mol. The molecule has 3 aliphatic heterocycles. The van der Waals surface area contributed by atoms with Gasteiger partial charge in [0.05, 0.1) is 10.00 Å². The second kappa shape index (κ2) is 5.01. The summed E-state index contributed by atoms with van der Waals surface area (Å²) in [6.45, 7) is 8.03. The van der Waals surface area contributed by atoms with Gasteiger partial charge in [-0.25, -0.2) is 0 Å². The highest BCUT2D eigenvalue weighted by Gasteiger charge is 2.56. The Labute approximate surface area is 135 Å². The van der Waals surface area contributed by atoms with Crippen molar-refractivity contribution in [2.24, 2.45) is 0 Å². The van der Waals surface area contributed by atoms with E-state index in [0.29, 0.717) is 6.61 Å². The van der Waals surface area contributed by atoms with Gasteiger partial charge in [-0.05, 0) is 59.6 Å². The minimum atomic E-state index is -0.646. The molecular weight excluding hydrogens is 396 g/mol. The highest BCUT2D eigenvalue weighted by molar-refractivity contribution is 9.28. The van der Waals surface area contributed by atoms with Crippen LogP contribution in [-0.4, -0.2) is 42.8 Å². The van der Waals surface area contributed by atoms with Crippen LogP contribution < -0.4 is 0 Å². The van der Waals surface area contributed by atoms with Crippen LogP contribution in [0.1, 0.15) is 27.7 Å². The van der Waals surface area contributed by atoms with E-state index in [4.69, 9.17) is 23.7 Å². The summed E-state index contributed by atoms with van der Waals surface area (Å²) in [5.41, 5.74) is 0.965. The highest BCUT2D eigenvalue weighted by Crippen LogP contribution is 2.46. The fraction of sp³-hybridized carbons (Fsp3) is 0.846. The van der Waals surface area contributed by atoms with Crippen molar-refractivity contribution in [3.8, 4) is 0 Å². The van der Waals surface area contributed by atoms with Gasteiger partial charge in [0.2, 0.25) is 0 Å². The lowest BCUT2D eigenvalue weighted by atomic mass is 10.0. The SMILES string of the molecule is CC1(C)O[C@@H]2O[C@@H]([C@H]3COC(C)(C)O3)C(=C(Br)Br)[C@H]2O1. The predicted octanol–water partition coefficient (Wildman–Crippen LogP) is 3.02. The summed E-state index contributed by atoms with van der Waals surface area (Å²) in [7, 11) is 0. The zero-order valence-corrected chi connectivity index (χ0v) is 15.0. The Bertz CT molecular complexity index is 444. The van der Waals surface area contributed by atoms with Crippen LogP contribution in [0.15, 0.2) is 8.96 Å². The fourth-order valence-corrected chi connectivity index (χ4v) is 3.69. The maximum atomic E-state index is 6.00. The van der Waals surface area contributed by atoms with Crippen LogP contribution in [-0.2, 0) is 23.7 Å². The number of fused-ring (bicyclic) bond motifs is 1. The van der Waals surface area contributed by atoms with Gasteiger partial charge < -0.3 is 23.7 Å². The average Bonchev–Trinajstić information content (AvgIpc) is 2.86. The van der Waals surface area contributed by atoms with Crippen molar-refractivity contribution in [3.63, 3.8) is 0 Å². The Morgan fingerprint density at radius 1 is 1.00 bits per heavy atom. The van der Waals surface area contributed by atoms with E-state index in [1.807, 2.05) is 27.7 Å². The summed E-state index contributed by atoms with van der Waals surface area (Å²) in [6, 6.07) is 0. The molecule has 3 fully saturated rings. The molecule has 0 aromatic heterocycles. The maximum absolute atomic E-state index is 6.00. The van der Waals surface area contributed by atoms with Gasteiger partial charge in [0.25, 0.3) is 0 Å². The molecule has 0 amide bonds. The summed E-state index contributed by atoms with van der Waals surface area (Å²) >= 11 is 6.95. The molecule has 0 saturated carbocycles. The van der Waals surface area contributed by atoms with Crippen molar-refractivity contribution in [2.75, 3.05) is 6.61 Å². The largest absolute Gasteiger partial charge is 0.348 e. The molecule has 4 atom stereocenters. The van der Waals surface area contributed by atoms with Crippen LogP contribution in [0.2, 0.25) is 0 Å². The fourth-order valence-electron chi connectivity index (χ4n) is 2.79. The Balaban J connectivity index is 1.83. The van der Waals surface area contributed by atoms with Crippen LogP contribution in [0.25, 0.3) is 0 Å². The lowest BCUT2D eigenvalue weighted by molar-refractivity contribution is -0.215. The second-order valence-corrected chi connectivity index (χ2v) is 8.71. The molecule has 3 aliphatic rings. The first kappa shape index (κ1) is 15.4. The number of rotatable bonds is 1. The number of ether oxygens (including phenoxy) is 5.